The van der Waals surface area contributed by atoms with Gasteiger partial charge >= 0.3 is 0 Å². The van der Waals surface area contributed by atoms with E-state index in [1.807, 2.05) is 39.0 Å². The van der Waals surface area contributed by atoms with Gasteiger partial charge in [-0.25, -0.2) is 0 Å². The van der Waals surface area contributed by atoms with Crippen LogP contribution in [0.25, 0.3) is 0 Å². The van der Waals surface area contributed by atoms with Crippen LogP contribution in [0.1, 0.15) is 52.9 Å². The molecule has 1 aromatic carbocycles. The Kier molecular flexibility index (Phi) is 7.79. The van der Waals surface area contributed by atoms with Crippen molar-refractivity contribution in [2.45, 2.75) is 53.7 Å². The zero-order chi connectivity index (χ0) is 22.4. The highest BCUT2D eigenvalue weighted by atomic mass is 16.5. The summed E-state index contributed by atoms with van der Waals surface area (Å²) >= 11 is 0. The van der Waals surface area contributed by atoms with Crippen LogP contribution in [0.5, 0.6) is 11.6 Å². The zero-order valence-electron chi connectivity index (χ0n) is 18.1. The molecule has 0 aliphatic heterocycles. The number of hydrogen-bond donors (Lipinski definition) is 1. The maximum Gasteiger partial charge on any atom is 0.271 e. The van der Waals surface area contributed by atoms with E-state index in [9.17, 15) is 20.0 Å². The number of aryl methyl sites for hydroxylation is 2. The molecule has 0 radical (unpaired) electrons. The number of ether oxygens (including phenoxy) is 2. The Hall–Kier alpha value is -3.11. The Morgan fingerprint density at radius 3 is 2.57 bits per heavy atom. The molecule has 0 bridgehead atoms. The van der Waals surface area contributed by atoms with Crippen molar-refractivity contribution in [1.82, 2.24) is 4.57 Å². The molecule has 0 saturated carbocycles. The number of rotatable bonds is 9. The molecule has 1 unspecified atom stereocenters. The molecule has 30 heavy (non-hydrogen) atoms. The fraction of sp³-hybridized carbons (Fsp3) is 0.435. The van der Waals surface area contributed by atoms with Crippen LogP contribution in [0.3, 0.4) is 0 Å². The fourth-order valence-corrected chi connectivity index (χ4v) is 3.17. The molecule has 0 fully saturated rings. The van der Waals surface area contributed by atoms with Crippen LogP contribution >= 0.6 is 0 Å². The molecule has 0 spiro atoms. The van der Waals surface area contributed by atoms with Gasteiger partial charge in [0.25, 0.3) is 5.56 Å². The first-order chi connectivity index (χ1) is 14.2. The molecule has 0 aliphatic carbocycles. The number of aromatic nitrogens is 1. The van der Waals surface area contributed by atoms with Crippen molar-refractivity contribution in [3.8, 4) is 17.7 Å². The summed E-state index contributed by atoms with van der Waals surface area (Å²) in [6.07, 6.45) is -0.463. The third kappa shape index (κ3) is 4.89. The molecule has 7 nitrogen and oxygen atoms in total. The first-order valence-electron chi connectivity index (χ1n) is 9.95. The predicted octanol–water partition coefficient (Wildman–Crippen LogP) is 3.43. The van der Waals surface area contributed by atoms with Crippen molar-refractivity contribution in [2.24, 2.45) is 0 Å². The highest BCUT2D eigenvalue weighted by Gasteiger charge is 2.28. The topological polar surface area (TPSA) is 102 Å². The van der Waals surface area contributed by atoms with E-state index in [4.69, 9.17) is 9.47 Å². The van der Waals surface area contributed by atoms with E-state index in [2.05, 4.69) is 0 Å². The fourth-order valence-electron chi connectivity index (χ4n) is 3.17. The smallest absolute Gasteiger partial charge is 0.271 e. The molecule has 2 aromatic rings. The van der Waals surface area contributed by atoms with Crippen LogP contribution in [-0.2, 0) is 11.3 Å². The number of nitriles is 1. The molecule has 1 atom stereocenters. The number of ketones is 1. The summed E-state index contributed by atoms with van der Waals surface area (Å²) in [5.41, 5.74) is 1.43. The summed E-state index contributed by atoms with van der Waals surface area (Å²) in [5.74, 6) is -0.423. The molecular formula is C23H28N2O5. The van der Waals surface area contributed by atoms with E-state index in [0.717, 1.165) is 15.7 Å². The Morgan fingerprint density at radius 1 is 1.27 bits per heavy atom. The van der Waals surface area contributed by atoms with Gasteiger partial charge in [-0.1, -0.05) is 6.07 Å². The standard InChI is InChI=1S/C23H28N2O5/c1-6-29-11-7-10-25-22(27)19(13-24)16(4)20(23(25)28)21(26)17(5)30-18-9-8-14(2)15(3)12-18/h8-9,12,17,28H,6-7,10-11H2,1-5H3. The third-order valence-corrected chi connectivity index (χ3v) is 5.08. The lowest BCUT2D eigenvalue weighted by Crippen LogP contribution is -2.31. The summed E-state index contributed by atoms with van der Waals surface area (Å²) in [6, 6.07) is 7.37. The maximum absolute atomic E-state index is 13.1. The molecule has 7 heteroatoms. The Labute approximate surface area is 176 Å². The minimum atomic E-state index is -0.919. The lowest BCUT2D eigenvalue weighted by Gasteiger charge is -2.19. The van der Waals surface area contributed by atoms with Gasteiger partial charge < -0.3 is 14.6 Å². The quantitative estimate of drug-likeness (QED) is 0.500. The summed E-state index contributed by atoms with van der Waals surface area (Å²) in [5, 5.41) is 20.2. The van der Waals surface area contributed by atoms with Gasteiger partial charge in [-0.05, 0) is 69.9 Å². The average Bonchev–Trinajstić information content (AvgIpc) is 2.70. The molecule has 0 saturated heterocycles. The Morgan fingerprint density at radius 2 is 1.97 bits per heavy atom. The normalized spacial score (nSPS) is 11.7. The van der Waals surface area contributed by atoms with Gasteiger partial charge in [-0.2, -0.15) is 5.26 Å². The minimum Gasteiger partial charge on any atom is -0.494 e. The van der Waals surface area contributed by atoms with Crippen molar-refractivity contribution in [3.63, 3.8) is 0 Å². The van der Waals surface area contributed by atoms with E-state index < -0.39 is 23.3 Å². The molecule has 0 aliphatic rings. The lowest BCUT2D eigenvalue weighted by molar-refractivity contribution is 0.0812. The van der Waals surface area contributed by atoms with Crippen molar-refractivity contribution in [1.29, 1.82) is 5.26 Å². The molecule has 0 amide bonds. The van der Waals surface area contributed by atoms with E-state index in [0.29, 0.717) is 25.4 Å². The number of Topliss-reactive ketones (excluding diaryl/α,β-unsaturated/α-hetero) is 1. The molecular weight excluding hydrogens is 384 g/mol. The molecule has 2 rings (SSSR count). The third-order valence-electron chi connectivity index (χ3n) is 5.08. The maximum atomic E-state index is 13.1. The number of hydrogen-bond acceptors (Lipinski definition) is 6. The highest BCUT2D eigenvalue weighted by molar-refractivity contribution is 6.03. The van der Waals surface area contributed by atoms with Crippen LogP contribution in [0.2, 0.25) is 0 Å². The van der Waals surface area contributed by atoms with Crippen molar-refractivity contribution >= 4 is 5.78 Å². The number of carbonyl (C=O) groups excluding carboxylic acids is 1. The van der Waals surface area contributed by atoms with Gasteiger partial charge in [0.05, 0.1) is 5.56 Å². The van der Waals surface area contributed by atoms with Gasteiger partial charge in [0, 0.05) is 19.8 Å². The summed E-state index contributed by atoms with van der Waals surface area (Å²) in [4.78, 5) is 25.7. The minimum absolute atomic E-state index is 0.0705. The zero-order valence-corrected chi connectivity index (χ0v) is 18.1. The van der Waals surface area contributed by atoms with E-state index in [1.165, 1.54) is 6.92 Å². The number of aromatic hydroxyl groups is 1. The number of nitrogens with zero attached hydrogens (tertiary/aromatic N) is 2. The SMILES string of the molecule is CCOCCCn1c(O)c(C(=O)C(C)Oc2ccc(C)c(C)c2)c(C)c(C#N)c1=O. The van der Waals surface area contributed by atoms with Crippen molar-refractivity contribution in [2.75, 3.05) is 13.2 Å². The van der Waals surface area contributed by atoms with Crippen LogP contribution < -0.4 is 10.3 Å². The second-order valence-electron chi connectivity index (χ2n) is 7.19. The molecule has 1 aromatic heterocycles. The summed E-state index contributed by atoms with van der Waals surface area (Å²) in [7, 11) is 0. The average molecular weight is 412 g/mol. The first kappa shape index (κ1) is 23.2. The monoisotopic (exact) mass is 412 g/mol. The largest absolute Gasteiger partial charge is 0.494 e. The Balaban J connectivity index is 2.40. The van der Waals surface area contributed by atoms with Gasteiger partial charge in [0.1, 0.15) is 17.4 Å². The van der Waals surface area contributed by atoms with Crippen molar-refractivity contribution < 1.29 is 19.4 Å². The van der Waals surface area contributed by atoms with Gasteiger partial charge in [-0.15, -0.1) is 0 Å². The van der Waals surface area contributed by atoms with E-state index >= 15 is 0 Å². The summed E-state index contributed by atoms with van der Waals surface area (Å²) in [6.45, 7) is 9.91. The van der Waals surface area contributed by atoms with Crippen molar-refractivity contribution in [3.05, 3.63) is 56.4 Å². The van der Waals surface area contributed by atoms with E-state index in [1.54, 1.807) is 13.0 Å². The van der Waals surface area contributed by atoms with Gasteiger partial charge in [0.15, 0.2) is 6.10 Å². The Bertz CT molecular complexity index is 1030. The number of carbonyl (C=O) groups is 1. The summed E-state index contributed by atoms with van der Waals surface area (Å²) < 4.78 is 12.1. The van der Waals surface area contributed by atoms with Crippen LogP contribution in [-0.4, -0.2) is 34.8 Å². The second-order valence-corrected chi connectivity index (χ2v) is 7.19. The number of pyridine rings is 1. The van der Waals surface area contributed by atoms with Gasteiger partial charge in [-0.3, -0.25) is 14.2 Å². The number of benzene rings is 1. The van der Waals surface area contributed by atoms with Crippen LogP contribution in [0, 0.1) is 32.1 Å². The predicted molar refractivity (Wildman–Crippen MR) is 113 cm³/mol. The van der Waals surface area contributed by atoms with Crippen LogP contribution in [0.4, 0.5) is 0 Å². The first-order valence-corrected chi connectivity index (χ1v) is 9.95. The van der Waals surface area contributed by atoms with E-state index in [-0.39, 0.29) is 23.2 Å². The highest BCUT2D eigenvalue weighted by Crippen LogP contribution is 2.25. The molecule has 160 valence electrons. The molecule has 1 N–H and O–H groups in total. The lowest BCUT2D eigenvalue weighted by atomic mass is 9.99. The van der Waals surface area contributed by atoms with Crippen LogP contribution in [0.15, 0.2) is 23.0 Å². The van der Waals surface area contributed by atoms with Gasteiger partial charge in [0.2, 0.25) is 11.7 Å². The molecule has 1 heterocycles. The second kappa shape index (κ2) is 10.1.